The van der Waals surface area contributed by atoms with Gasteiger partial charge in [0.05, 0.1) is 5.76 Å². The van der Waals surface area contributed by atoms with Crippen LogP contribution in [0.4, 0.5) is 0 Å². The molecule has 4 nitrogen and oxygen atoms in total. The van der Waals surface area contributed by atoms with Gasteiger partial charge in [0.2, 0.25) is 0 Å². The van der Waals surface area contributed by atoms with E-state index in [9.17, 15) is 9.90 Å². The molecule has 0 aliphatic heterocycles. The van der Waals surface area contributed by atoms with Crippen LogP contribution in [0, 0.1) is 24.8 Å². The molecule has 0 spiro atoms. The van der Waals surface area contributed by atoms with Crippen LogP contribution in [-0.4, -0.2) is 15.9 Å². The summed E-state index contributed by atoms with van der Waals surface area (Å²) in [4.78, 5) is 16.6. The van der Waals surface area contributed by atoms with E-state index >= 15 is 0 Å². The van der Waals surface area contributed by atoms with E-state index in [1.807, 2.05) is 33.9 Å². The first-order chi connectivity index (χ1) is 23.4. The molecule has 50 heavy (non-hydrogen) atoms. The maximum Gasteiger partial charge on any atom is 0.162 e. The smallest absolute Gasteiger partial charge is 0.162 e. The number of ketones is 1. The van der Waals surface area contributed by atoms with Gasteiger partial charge in [-0.3, -0.25) is 9.78 Å². The van der Waals surface area contributed by atoms with Crippen molar-refractivity contribution in [3.05, 3.63) is 113 Å². The maximum atomic E-state index is 11.7. The molecule has 5 aromatic rings. The number of carbonyl (C=O) groups excluding carboxylic acids is 1. The fourth-order valence-corrected chi connectivity index (χ4v) is 7.22. The van der Waals surface area contributed by atoms with Gasteiger partial charge in [-0.15, -0.1) is 29.1 Å². The van der Waals surface area contributed by atoms with Crippen LogP contribution in [0.2, 0.25) is 0 Å². The first-order valence-electron chi connectivity index (χ1n) is 18.0. The van der Waals surface area contributed by atoms with Crippen LogP contribution in [0.5, 0.6) is 0 Å². The van der Waals surface area contributed by atoms with Crippen molar-refractivity contribution in [2.45, 2.75) is 99.3 Å². The van der Waals surface area contributed by atoms with Gasteiger partial charge >= 0.3 is 0 Å². The number of allylic oxidation sites excluding steroid dienone is 3. The van der Waals surface area contributed by atoms with Crippen LogP contribution in [-0.2, 0) is 30.3 Å². The Morgan fingerprint density at radius 1 is 0.940 bits per heavy atom. The number of hydrogen-bond acceptors (Lipinski definition) is 4. The van der Waals surface area contributed by atoms with Crippen LogP contribution in [0.15, 0.2) is 83.1 Å². The topological polar surface area (TPSA) is 63.3 Å². The van der Waals surface area contributed by atoms with E-state index < -0.39 is 0 Å². The first kappa shape index (κ1) is 39.0. The molecule has 265 valence electrons. The van der Waals surface area contributed by atoms with Crippen molar-refractivity contribution in [2.24, 2.45) is 11.8 Å². The fraction of sp³-hybridized carbons (Fsp3) is 0.378. The Morgan fingerprint density at radius 3 is 2.28 bits per heavy atom. The summed E-state index contributed by atoms with van der Waals surface area (Å²) in [5.41, 5.74) is 8.92. The van der Waals surface area contributed by atoms with Crippen LogP contribution in [0.25, 0.3) is 44.6 Å². The van der Waals surface area contributed by atoms with E-state index in [2.05, 4.69) is 107 Å². The molecule has 6 rings (SSSR count). The third kappa shape index (κ3) is 7.90. The zero-order chi connectivity index (χ0) is 35.5. The number of fused-ring (bicyclic) bond motifs is 3. The molecule has 0 bridgehead atoms. The van der Waals surface area contributed by atoms with E-state index in [-0.39, 0.29) is 48.9 Å². The third-order valence-electron chi connectivity index (χ3n) is 10.3. The van der Waals surface area contributed by atoms with Crippen molar-refractivity contribution in [3.63, 3.8) is 0 Å². The molecule has 2 heterocycles. The number of aryl methyl sites for hydroxylation is 1. The zero-order valence-corrected chi connectivity index (χ0v) is 33.5. The minimum atomic E-state index is -0.251. The standard InChI is InChI=1S/C32H28NO.C13H24O2.Ir/c1-19(2)26-16-24(15-21-8-6-7-9-25(21)26)31-30-23(12-13-33-31)17-27(32(30,4)5)29-18-22-11-10-20(3)14-28(22)34-29;1-5-10(6-2)12(14)9-13(15)11(7-3)8-4;/h6-14,16-19H,1-5H3;9-11,14H,5-8H2,1-4H3;/q-1;;/b;12-9-;. The number of furan rings is 1. The zero-order valence-electron chi connectivity index (χ0n) is 31.1. The summed E-state index contributed by atoms with van der Waals surface area (Å²) in [6.07, 6.45) is 9.10. The van der Waals surface area contributed by atoms with Crippen molar-refractivity contribution < 1.29 is 34.4 Å². The van der Waals surface area contributed by atoms with Crippen molar-refractivity contribution >= 4 is 39.2 Å². The Morgan fingerprint density at radius 2 is 1.62 bits per heavy atom. The molecule has 0 amide bonds. The number of aliphatic hydroxyl groups excluding tert-OH is 1. The molecule has 3 aromatic carbocycles. The summed E-state index contributed by atoms with van der Waals surface area (Å²) in [6.45, 7) is 19.2. The third-order valence-corrected chi connectivity index (χ3v) is 10.3. The van der Waals surface area contributed by atoms with Crippen LogP contribution >= 0.6 is 0 Å². The number of carbonyl (C=O) groups is 1. The minimum Gasteiger partial charge on any atom is -0.512 e. The molecule has 0 fully saturated rings. The summed E-state index contributed by atoms with van der Waals surface area (Å²) in [5.74, 6) is 1.89. The van der Waals surface area contributed by atoms with Crippen molar-refractivity contribution in [3.8, 4) is 11.3 Å². The van der Waals surface area contributed by atoms with Crippen molar-refractivity contribution in [2.75, 3.05) is 0 Å². The fourth-order valence-electron chi connectivity index (χ4n) is 7.22. The number of aliphatic hydroxyl groups is 1. The van der Waals surface area contributed by atoms with Gasteiger partial charge in [0.25, 0.3) is 0 Å². The van der Waals surface area contributed by atoms with Crippen LogP contribution < -0.4 is 0 Å². The normalized spacial score (nSPS) is 13.8. The van der Waals surface area contributed by atoms with Crippen LogP contribution in [0.1, 0.15) is 115 Å². The van der Waals surface area contributed by atoms with Crippen molar-refractivity contribution in [1.29, 1.82) is 0 Å². The quantitative estimate of drug-likeness (QED) is 0.0864. The van der Waals surface area contributed by atoms with Gasteiger partial charge in [-0.1, -0.05) is 96.7 Å². The second kappa shape index (κ2) is 16.5. The number of benzene rings is 3. The Labute approximate surface area is 312 Å². The summed E-state index contributed by atoms with van der Waals surface area (Å²) < 4.78 is 6.36. The number of rotatable bonds is 10. The van der Waals surface area contributed by atoms with Gasteiger partial charge in [-0.2, -0.15) is 0 Å². The van der Waals surface area contributed by atoms with Gasteiger partial charge in [-0.25, -0.2) is 0 Å². The van der Waals surface area contributed by atoms with E-state index in [4.69, 9.17) is 9.40 Å². The van der Waals surface area contributed by atoms with E-state index in [1.165, 1.54) is 39.3 Å². The van der Waals surface area contributed by atoms with Gasteiger partial charge in [-0.05, 0) is 79.5 Å². The Hall–Kier alpha value is -3.79. The number of aromatic nitrogens is 1. The summed E-state index contributed by atoms with van der Waals surface area (Å²) in [7, 11) is 0. The molecule has 1 radical (unpaired) electrons. The molecule has 0 atom stereocenters. The summed E-state index contributed by atoms with van der Waals surface area (Å²) in [5, 5.41) is 13.3. The first-order valence-corrected chi connectivity index (χ1v) is 18.0. The largest absolute Gasteiger partial charge is 0.512 e. The van der Waals surface area contributed by atoms with Gasteiger partial charge < -0.3 is 9.52 Å². The molecule has 1 aliphatic rings. The van der Waals surface area contributed by atoms with E-state index in [1.54, 1.807) is 0 Å². The monoisotopic (exact) mass is 847 g/mol. The van der Waals surface area contributed by atoms with E-state index in [0.29, 0.717) is 5.92 Å². The molecular formula is C45H52IrNO3-. The molecule has 5 heteroatoms. The summed E-state index contributed by atoms with van der Waals surface area (Å²) >= 11 is 0. The van der Waals surface area contributed by atoms with Gasteiger partial charge in [0.1, 0.15) is 11.3 Å². The predicted molar refractivity (Wildman–Crippen MR) is 206 cm³/mol. The molecule has 2 aromatic heterocycles. The SMILES string of the molecule is CCC(CC)C(=O)/C=C(\O)C(CC)CC.Cc1ccc2cc(C3=Cc4ccnc(-c5[c-]c6ccccc6c(C(C)C)c5)c4C3(C)C)oc2c1.[Ir]. The molecular weight excluding hydrogens is 795 g/mol. The molecule has 0 saturated carbocycles. The molecule has 1 aliphatic carbocycles. The number of pyridine rings is 1. The second-order valence-electron chi connectivity index (χ2n) is 14.3. The van der Waals surface area contributed by atoms with E-state index in [0.717, 1.165) is 59.1 Å². The average molecular weight is 847 g/mol. The van der Waals surface area contributed by atoms with Gasteiger partial charge in [0.15, 0.2) is 5.78 Å². The van der Waals surface area contributed by atoms with Gasteiger partial charge in [0, 0.05) is 66.3 Å². The number of hydrogen-bond donors (Lipinski definition) is 1. The Bertz CT molecular complexity index is 2020. The molecule has 0 saturated heterocycles. The average Bonchev–Trinajstić information content (AvgIpc) is 3.62. The Balaban J connectivity index is 0.000000301. The van der Waals surface area contributed by atoms with Crippen molar-refractivity contribution in [1.82, 2.24) is 4.98 Å². The Kier molecular flexibility index (Phi) is 12.9. The maximum absolute atomic E-state index is 11.7. The number of nitrogens with zero attached hydrogens (tertiary/aromatic N) is 1. The molecule has 0 unspecified atom stereocenters. The molecule has 1 N–H and O–H groups in total. The van der Waals surface area contributed by atoms with Crippen LogP contribution in [0.3, 0.4) is 0 Å². The predicted octanol–water partition coefficient (Wildman–Crippen LogP) is 12.6. The summed E-state index contributed by atoms with van der Waals surface area (Å²) in [6, 6.07) is 25.2. The minimum absolute atomic E-state index is 0. The second-order valence-corrected chi connectivity index (χ2v) is 14.3.